The summed E-state index contributed by atoms with van der Waals surface area (Å²) >= 11 is 4.47. The molecule has 0 aromatic heterocycles. The quantitative estimate of drug-likeness (QED) is 0.756. The first-order valence-electron chi connectivity index (χ1n) is 4.96. The molecule has 0 aliphatic carbocycles. The summed E-state index contributed by atoms with van der Waals surface area (Å²) in [4.78, 5) is 0.588. The lowest BCUT2D eigenvalue weighted by Gasteiger charge is -1.86. The van der Waals surface area contributed by atoms with E-state index in [2.05, 4.69) is 31.4 Å². The van der Waals surface area contributed by atoms with Gasteiger partial charge in [-0.3, -0.25) is 0 Å². The highest BCUT2D eigenvalue weighted by atomic mass is 32.1. The van der Waals surface area contributed by atoms with E-state index < -0.39 is 0 Å². The van der Waals surface area contributed by atoms with Gasteiger partial charge in [0.25, 0.3) is 0 Å². The summed E-state index contributed by atoms with van der Waals surface area (Å²) in [5.74, 6) is 0. The molecule has 0 radical (unpaired) electrons. The van der Waals surface area contributed by atoms with Crippen molar-refractivity contribution < 1.29 is 0 Å². The molecular formula is C10H25N3S2. The van der Waals surface area contributed by atoms with Crippen LogP contribution in [-0.2, 0) is 0 Å². The predicted molar refractivity (Wildman–Crippen MR) is 77.6 cm³/mol. The summed E-state index contributed by atoms with van der Waals surface area (Å²) in [5.41, 5.74) is 5.02. The Morgan fingerprint density at radius 1 is 1.27 bits per heavy atom. The Kier molecular flexibility index (Phi) is 46.9. The number of hydrogen-bond donors (Lipinski definition) is 2. The SMILES string of the molecule is CCC#N.CCC(N)=S.CCNCC.S. The number of thiocarbonyl (C=S) groups is 1. The van der Waals surface area contributed by atoms with Crippen molar-refractivity contribution in [2.24, 2.45) is 5.73 Å². The fraction of sp³-hybridized carbons (Fsp3) is 0.800. The van der Waals surface area contributed by atoms with Crippen LogP contribution in [0.2, 0.25) is 0 Å². The zero-order chi connectivity index (χ0) is 11.8. The first-order valence-corrected chi connectivity index (χ1v) is 5.37. The lowest BCUT2D eigenvalue weighted by molar-refractivity contribution is 0.762. The highest BCUT2D eigenvalue weighted by molar-refractivity contribution is 7.80. The number of nitrogens with two attached hydrogens (primary N) is 1. The van der Waals surface area contributed by atoms with Crippen LogP contribution in [0.4, 0.5) is 0 Å². The van der Waals surface area contributed by atoms with E-state index in [-0.39, 0.29) is 13.5 Å². The fourth-order valence-corrected chi connectivity index (χ4v) is 0.250. The molecule has 0 aromatic carbocycles. The van der Waals surface area contributed by atoms with E-state index in [9.17, 15) is 0 Å². The van der Waals surface area contributed by atoms with Crippen LogP contribution in [0.1, 0.15) is 40.5 Å². The van der Waals surface area contributed by atoms with E-state index in [0.717, 1.165) is 19.5 Å². The molecule has 3 N–H and O–H groups in total. The van der Waals surface area contributed by atoms with Crippen LogP contribution in [0.3, 0.4) is 0 Å². The van der Waals surface area contributed by atoms with E-state index in [1.54, 1.807) is 0 Å². The van der Waals surface area contributed by atoms with Crippen LogP contribution in [0, 0.1) is 11.3 Å². The van der Waals surface area contributed by atoms with Crippen LogP contribution in [0.5, 0.6) is 0 Å². The van der Waals surface area contributed by atoms with Gasteiger partial charge in [0.2, 0.25) is 0 Å². The molecule has 0 saturated carbocycles. The monoisotopic (exact) mass is 251 g/mol. The maximum Gasteiger partial charge on any atom is 0.0724 e. The molecule has 0 heterocycles. The summed E-state index contributed by atoms with van der Waals surface area (Å²) in [6, 6.07) is 1.93. The number of nitrogens with one attached hydrogen (secondary N) is 1. The number of rotatable bonds is 3. The van der Waals surface area contributed by atoms with E-state index in [1.165, 1.54) is 0 Å². The number of nitriles is 1. The van der Waals surface area contributed by atoms with Crippen LogP contribution in [0.15, 0.2) is 0 Å². The van der Waals surface area contributed by atoms with E-state index >= 15 is 0 Å². The molecule has 92 valence electrons. The maximum absolute atomic E-state index is 7.62. The van der Waals surface area contributed by atoms with Crippen molar-refractivity contribution in [3.8, 4) is 6.07 Å². The van der Waals surface area contributed by atoms with Gasteiger partial charge in [-0.25, -0.2) is 0 Å². The molecule has 0 aromatic rings. The molecule has 0 rings (SSSR count). The maximum atomic E-state index is 7.62. The molecule has 0 fully saturated rings. The topological polar surface area (TPSA) is 61.8 Å². The summed E-state index contributed by atoms with van der Waals surface area (Å²) < 4.78 is 0. The van der Waals surface area contributed by atoms with Gasteiger partial charge in [0.05, 0.1) is 11.1 Å². The van der Waals surface area contributed by atoms with Gasteiger partial charge in [-0.2, -0.15) is 18.8 Å². The lowest BCUT2D eigenvalue weighted by atomic mass is 10.5. The van der Waals surface area contributed by atoms with Gasteiger partial charge in [-0.1, -0.05) is 39.9 Å². The average molecular weight is 251 g/mol. The first-order chi connectivity index (χ1) is 6.60. The minimum absolute atomic E-state index is 0. The van der Waals surface area contributed by atoms with E-state index in [0.29, 0.717) is 11.4 Å². The zero-order valence-corrected chi connectivity index (χ0v) is 12.1. The molecule has 0 amide bonds. The van der Waals surface area contributed by atoms with Gasteiger partial charge in [-0.05, 0) is 19.5 Å². The highest BCUT2D eigenvalue weighted by Gasteiger charge is 1.71. The molecule has 0 spiro atoms. The highest BCUT2D eigenvalue weighted by Crippen LogP contribution is 1.69. The molecular weight excluding hydrogens is 226 g/mol. The second kappa shape index (κ2) is 29.2. The number of nitrogens with zero attached hydrogens (tertiary/aromatic N) is 1. The van der Waals surface area contributed by atoms with Crippen molar-refractivity contribution in [3.63, 3.8) is 0 Å². The molecule has 3 nitrogen and oxygen atoms in total. The minimum Gasteiger partial charge on any atom is -0.393 e. The first kappa shape index (κ1) is 24.1. The lowest BCUT2D eigenvalue weighted by Crippen LogP contribution is -2.09. The van der Waals surface area contributed by atoms with Crippen molar-refractivity contribution in [3.05, 3.63) is 0 Å². The van der Waals surface area contributed by atoms with Crippen molar-refractivity contribution in [2.75, 3.05) is 13.1 Å². The Bertz CT molecular complexity index is 142. The second-order valence-electron chi connectivity index (χ2n) is 2.29. The fourth-order valence-electron chi connectivity index (χ4n) is 0.250. The van der Waals surface area contributed by atoms with Gasteiger partial charge in [0.1, 0.15) is 0 Å². The van der Waals surface area contributed by atoms with Crippen molar-refractivity contribution >= 4 is 30.7 Å². The zero-order valence-electron chi connectivity index (χ0n) is 10.3. The van der Waals surface area contributed by atoms with Crippen LogP contribution in [-0.4, -0.2) is 18.1 Å². The van der Waals surface area contributed by atoms with Crippen molar-refractivity contribution in [1.29, 1.82) is 5.26 Å². The Hall–Kier alpha value is -0.310. The molecule has 5 heteroatoms. The Morgan fingerprint density at radius 3 is 1.53 bits per heavy atom. The van der Waals surface area contributed by atoms with Crippen LogP contribution < -0.4 is 11.1 Å². The standard InChI is InChI=1S/C4H11N.C3H7NS.C3H5N.H2S/c1-3-5-4-2;1-2-3(4)5;1-2-3-4;/h5H,3-4H2,1-2H3;2H2,1H3,(H2,4,5);2H2,1H3;1H2. The normalized spacial score (nSPS) is 6.60. The summed E-state index contributed by atoms with van der Waals surface area (Å²) in [6.07, 6.45) is 1.44. The molecule has 0 aliphatic heterocycles. The van der Waals surface area contributed by atoms with E-state index in [1.807, 2.05) is 19.9 Å². The Morgan fingerprint density at radius 2 is 1.53 bits per heavy atom. The van der Waals surface area contributed by atoms with Crippen molar-refractivity contribution in [2.45, 2.75) is 40.5 Å². The molecule has 0 saturated heterocycles. The number of hydrogen-bond acceptors (Lipinski definition) is 3. The minimum atomic E-state index is 0. The third-order valence-corrected chi connectivity index (χ3v) is 1.30. The van der Waals surface area contributed by atoms with E-state index in [4.69, 9.17) is 11.0 Å². The van der Waals surface area contributed by atoms with Crippen LogP contribution in [0.25, 0.3) is 0 Å². The molecule has 0 unspecified atom stereocenters. The average Bonchev–Trinajstić information content (AvgIpc) is 2.20. The van der Waals surface area contributed by atoms with Gasteiger partial charge < -0.3 is 11.1 Å². The van der Waals surface area contributed by atoms with Gasteiger partial charge >= 0.3 is 0 Å². The largest absolute Gasteiger partial charge is 0.393 e. The van der Waals surface area contributed by atoms with Gasteiger partial charge in [-0.15, -0.1) is 0 Å². The molecule has 15 heavy (non-hydrogen) atoms. The van der Waals surface area contributed by atoms with Crippen LogP contribution >= 0.6 is 25.7 Å². The van der Waals surface area contributed by atoms with Crippen molar-refractivity contribution in [1.82, 2.24) is 5.32 Å². The Balaban J connectivity index is -0.0000000590. The predicted octanol–water partition coefficient (Wildman–Crippen LogP) is 2.33. The van der Waals surface area contributed by atoms with Gasteiger partial charge in [0, 0.05) is 6.42 Å². The second-order valence-corrected chi connectivity index (χ2v) is 2.81. The van der Waals surface area contributed by atoms with Gasteiger partial charge in [0.15, 0.2) is 0 Å². The smallest absolute Gasteiger partial charge is 0.0724 e. The molecule has 0 atom stereocenters. The summed E-state index contributed by atoms with van der Waals surface area (Å²) in [5, 5.41) is 10.7. The molecule has 0 aliphatic rings. The summed E-state index contributed by atoms with van der Waals surface area (Å²) in [7, 11) is 0. The third-order valence-electron chi connectivity index (χ3n) is 1.01. The Labute approximate surface area is 107 Å². The third kappa shape index (κ3) is 85.1. The molecule has 0 bridgehead atoms. The summed E-state index contributed by atoms with van der Waals surface area (Å²) in [6.45, 7) is 10.1.